The third-order valence-corrected chi connectivity index (χ3v) is 5.50. The second kappa shape index (κ2) is 7.67. The Kier molecular flexibility index (Phi) is 4.74. The number of aromatic nitrogens is 6. The summed E-state index contributed by atoms with van der Waals surface area (Å²) in [4.78, 5) is 13.3. The molecule has 2 fully saturated rings. The van der Waals surface area contributed by atoms with Crippen LogP contribution in [-0.4, -0.2) is 62.6 Å². The van der Waals surface area contributed by atoms with E-state index in [1.165, 1.54) is 6.33 Å². The van der Waals surface area contributed by atoms with E-state index in [0.29, 0.717) is 11.9 Å². The Bertz CT molecular complexity index is 919. The molecule has 0 spiro atoms. The molecule has 2 aliphatic rings. The Morgan fingerprint density at radius 2 is 1.96 bits per heavy atom. The van der Waals surface area contributed by atoms with Crippen LogP contribution < -0.4 is 9.64 Å². The van der Waals surface area contributed by atoms with Gasteiger partial charge < -0.3 is 14.4 Å². The summed E-state index contributed by atoms with van der Waals surface area (Å²) in [5.74, 6) is 1.58. The molecule has 9 heteroatoms. The summed E-state index contributed by atoms with van der Waals surface area (Å²) >= 11 is 0. The van der Waals surface area contributed by atoms with Gasteiger partial charge in [-0.25, -0.2) is 0 Å². The van der Waals surface area contributed by atoms with E-state index in [1.54, 1.807) is 4.80 Å². The van der Waals surface area contributed by atoms with Gasteiger partial charge in [0, 0.05) is 25.4 Å². The van der Waals surface area contributed by atoms with Gasteiger partial charge in [0.2, 0.25) is 5.88 Å². The lowest BCUT2D eigenvalue weighted by Crippen LogP contribution is -2.36. The lowest BCUT2D eigenvalue weighted by molar-refractivity contribution is 0.119. The van der Waals surface area contributed by atoms with Gasteiger partial charge in [0.25, 0.3) is 0 Å². The highest BCUT2D eigenvalue weighted by Gasteiger charge is 2.26. The van der Waals surface area contributed by atoms with Crippen LogP contribution in [0.1, 0.15) is 31.7 Å². The number of anilines is 1. The van der Waals surface area contributed by atoms with E-state index in [0.717, 1.165) is 68.7 Å². The molecule has 0 atom stereocenters. The summed E-state index contributed by atoms with van der Waals surface area (Å²) in [5, 5.41) is 13.0. The van der Waals surface area contributed by atoms with Gasteiger partial charge in [0.15, 0.2) is 6.33 Å². The number of hydrogen-bond donors (Lipinski definition) is 0. The number of morpholine rings is 1. The zero-order valence-corrected chi connectivity index (χ0v) is 15.6. The predicted octanol–water partition coefficient (Wildman–Crippen LogP) is 2.02. The quantitative estimate of drug-likeness (QED) is 0.678. The monoisotopic (exact) mass is 381 g/mol. The van der Waals surface area contributed by atoms with Gasteiger partial charge in [-0.3, -0.25) is 4.98 Å². The van der Waals surface area contributed by atoms with E-state index in [9.17, 15) is 0 Å². The van der Waals surface area contributed by atoms with Gasteiger partial charge in [0.1, 0.15) is 11.9 Å². The van der Waals surface area contributed by atoms with Gasteiger partial charge >= 0.3 is 0 Å². The van der Waals surface area contributed by atoms with Crippen LogP contribution in [0.15, 0.2) is 30.7 Å². The van der Waals surface area contributed by atoms with Crippen molar-refractivity contribution in [3.05, 3.63) is 30.7 Å². The molecule has 0 amide bonds. The Morgan fingerprint density at radius 1 is 1.11 bits per heavy atom. The SMILES string of the molecule is c1cnc2cc(N3CCOCC3)nc(OC3CCC(n4ncnn4)CC3)c2c1. The van der Waals surface area contributed by atoms with Crippen molar-refractivity contribution >= 4 is 16.7 Å². The lowest BCUT2D eigenvalue weighted by Gasteiger charge is -2.30. The Morgan fingerprint density at radius 3 is 2.75 bits per heavy atom. The van der Waals surface area contributed by atoms with E-state index in [4.69, 9.17) is 14.5 Å². The first kappa shape index (κ1) is 17.3. The Balaban J connectivity index is 1.36. The highest BCUT2D eigenvalue weighted by Crippen LogP contribution is 2.33. The third kappa shape index (κ3) is 3.49. The van der Waals surface area contributed by atoms with E-state index in [-0.39, 0.29) is 6.10 Å². The maximum Gasteiger partial charge on any atom is 0.225 e. The fourth-order valence-electron chi connectivity index (χ4n) is 3.97. The average molecular weight is 381 g/mol. The molecule has 0 N–H and O–H groups in total. The molecule has 28 heavy (non-hydrogen) atoms. The average Bonchev–Trinajstić information content (AvgIpc) is 3.30. The molecule has 0 unspecified atom stereocenters. The third-order valence-electron chi connectivity index (χ3n) is 5.50. The summed E-state index contributed by atoms with van der Waals surface area (Å²) in [6.07, 6.45) is 7.26. The molecule has 9 nitrogen and oxygen atoms in total. The zero-order valence-electron chi connectivity index (χ0n) is 15.6. The van der Waals surface area contributed by atoms with Crippen LogP contribution in [0.3, 0.4) is 0 Å². The van der Waals surface area contributed by atoms with E-state index < -0.39 is 0 Å². The molecule has 0 radical (unpaired) electrons. The summed E-state index contributed by atoms with van der Waals surface area (Å²) in [6, 6.07) is 6.30. The molecule has 3 aromatic heterocycles. The second-order valence-corrected chi connectivity index (χ2v) is 7.26. The molecule has 1 aliphatic heterocycles. The first-order chi connectivity index (χ1) is 13.9. The summed E-state index contributed by atoms with van der Waals surface area (Å²) < 4.78 is 11.9. The van der Waals surface area contributed by atoms with Gasteiger partial charge in [-0.1, -0.05) is 0 Å². The second-order valence-electron chi connectivity index (χ2n) is 7.26. The molecular weight excluding hydrogens is 358 g/mol. The standard InChI is InChI=1S/C19H23N7O2/c1-2-16-17(20-7-1)12-18(25-8-10-27-11-9-25)23-19(16)28-15-5-3-14(4-6-15)26-22-13-21-24-26/h1-2,7,12-15H,3-6,8-11H2. The first-order valence-corrected chi connectivity index (χ1v) is 9.84. The van der Waals surface area contributed by atoms with Gasteiger partial charge in [-0.2, -0.15) is 9.78 Å². The van der Waals surface area contributed by atoms with Crippen molar-refractivity contribution in [1.82, 2.24) is 30.2 Å². The maximum absolute atomic E-state index is 6.39. The predicted molar refractivity (Wildman–Crippen MR) is 102 cm³/mol. The first-order valence-electron chi connectivity index (χ1n) is 9.84. The van der Waals surface area contributed by atoms with Crippen molar-refractivity contribution in [2.45, 2.75) is 37.8 Å². The number of fused-ring (bicyclic) bond motifs is 1. The van der Waals surface area contributed by atoms with Crippen molar-refractivity contribution in [3.63, 3.8) is 0 Å². The molecule has 3 aromatic rings. The highest BCUT2D eigenvalue weighted by molar-refractivity contribution is 5.85. The molecular formula is C19H23N7O2. The largest absolute Gasteiger partial charge is 0.474 e. The van der Waals surface area contributed by atoms with Crippen LogP contribution in [0, 0.1) is 0 Å². The minimum atomic E-state index is 0.135. The van der Waals surface area contributed by atoms with Crippen LogP contribution in [-0.2, 0) is 4.74 Å². The number of nitrogens with zero attached hydrogens (tertiary/aromatic N) is 7. The van der Waals surface area contributed by atoms with Crippen LogP contribution in [0.4, 0.5) is 5.82 Å². The van der Waals surface area contributed by atoms with E-state index >= 15 is 0 Å². The summed E-state index contributed by atoms with van der Waals surface area (Å²) in [5.41, 5.74) is 0.912. The van der Waals surface area contributed by atoms with Gasteiger partial charge in [-0.15, -0.1) is 10.2 Å². The summed E-state index contributed by atoms with van der Waals surface area (Å²) in [7, 11) is 0. The molecule has 4 heterocycles. The molecule has 0 bridgehead atoms. The highest BCUT2D eigenvalue weighted by atomic mass is 16.5. The molecule has 1 aliphatic carbocycles. The fourth-order valence-corrected chi connectivity index (χ4v) is 3.97. The van der Waals surface area contributed by atoms with Crippen LogP contribution in [0.2, 0.25) is 0 Å². The number of hydrogen-bond acceptors (Lipinski definition) is 8. The topological polar surface area (TPSA) is 91.1 Å². The molecule has 146 valence electrons. The van der Waals surface area contributed by atoms with Crippen LogP contribution in [0.5, 0.6) is 5.88 Å². The Hall–Kier alpha value is -2.81. The summed E-state index contributed by atoms with van der Waals surface area (Å²) in [6.45, 7) is 3.11. The van der Waals surface area contributed by atoms with Crippen molar-refractivity contribution in [2.75, 3.05) is 31.2 Å². The number of tetrazole rings is 1. The number of ether oxygens (including phenoxy) is 2. The minimum absolute atomic E-state index is 0.135. The molecule has 0 aromatic carbocycles. The van der Waals surface area contributed by atoms with Crippen molar-refractivity contribution in [3.8, 4) is 5.88 Å². The normalized spacial score (nSPS) is 23.1. The molecule has 5 rings (SSSR count). The number of pyridine rings is 2. The maximum atomic E-state index is 6.39. The molecule has 1 saturated heterocycles. The van der Waals surface area contributed by atoms with Crippen molar-refractivity contribution in [1.29, 1.82) is 0 Å². The minimum Gasteiger partial charge on any atom is -0.474 e. The molecule has 1 saturated carbocycles. The van der Waals surface area contributed by atoms with Crippen molar-refractivity contribution in [2.24, 2.45) is 0 Å². The van der Waals surface area contributed by atoms with Gasteiger partial charge in [0.05, 0.1) is 30.2 Å². The number of rotatable bonds is 4. The lowest BCUT2D eigenvalue weighted by atomic mass is 9.93. The zero-order chi connectivity index (χ0) is 18.8. The smallest absolute Gasteiger partial charge is 0.225 e. The van der Waals surface area contributed by atoms with Crippen molar-refractivity contribution < 1.29 is 9.47 Å². The van der Waals surface area contributed by atoms with E-state index in [1.807, 2.05) is 24.4 Å². The van der Waals surface area contributed by atoms with E-state index in [2.05, 4.69) is 25.3 Å². The Labute approximate surface area is 162 Å². The van der Waals surface area contributed by atoms with Crippen LogP contribution in [0.25, 0.3) is 10.9 Å². The van der Waals surface area contributed by atoms with Crippen LogP contribution >= 0.6 is 0 Å². The fraction of sp³-hybridized carbons (Fsp3) is 0.526. The van der Waals surface area contributed by atoms with Gasteiger partial charge in [-0.05, 0) is 43.0 Å².